The number of halogens is 1. The van der Waals surface area contributed by atoms with E-state index in [0.717, 1.165) is 50.3 Å². The number of likely N-dealkylation sites (tertiary alicyclic amines) is 1. The van der Waals surface area contributed by atoms with Crippen molar-refractivity contribution in [2.45, 2.75) is 51.9 Å². The molecule has 23 heavy (non-hydrogen) atoms. The molecule has 1 heterocycles. The van der Waals surface area contributed by atoms with E-state index in [0.29, 0.717) is 12.3 Å². The Kier molecular flexibility index (Phi) is 9.24. The Morgan fingerprint density at radius 1 is 1.22 bits per heavy atom. The lowest BCUT2D eigenvalue weighted by Crippen LogP contribution is -2.48. The highest BCUT2D eigenvalue weighted by atomic mass is 127. The van der Waals surface area contributed by atoms with Gasteiger partial charge >= 0.3 is 0 Å². The predicted octanol–water partition coefficient (Wildman–Crippen LogP) is 2.59. The van der Waals surface area contributed by atoms with Gasteiger partial charge in [0, 0.05) is 33.1 Å². The normalized spacial score (nSPS) is 28.9. The standard InChI is InChI=1S/C17H32N4O.HI/c1-13-5-7-14(8-6-13)11-20-17(19-2)21-9-3-4-15(12-21)10-16(18)22;/h13-15H,3-12H2,1-2H3,(H2,18,22)(H,19,20);1H. The molecule has 0 bridgehead atoms. The summed E-state index contributed by atoms with van der Waals surface area (Å²) in [6, 6.07) is 0. The molecule has 1 amide bonds. The zero-order valence-electron chi connectivity index (χ0n) is 14.6. The molecule has 1 unspecified atom stereocenters. The largest absolute Gasteiger partial charge is 0.370 e. The first-order chi connectivity index (χ1) is 10.6. The molecule has 2 rings (SSSR count). The Hall–Kier alpha value is -0.530. The van der Waals surface area contributed by atoms with Gasteiger partial charge in [-0.25, -0.2) is 0 Å². The molecular weight excluding hydrogens is 403 g/mol. The van der Waals surface area contributed by atoms with E-state index in [9.17, 15) is 4.79 Å². The maximum atomic E-state index is 11.1. The van der Waals surface area contributed by atoms with E-state index in [1.807, 2.05) is 7.05 Å². The average molecular weight is 436 g/mol. The Labute approximate surface area is 157 Å². The molecule has 0 aromatic carbocycles. The first-order valence-electron chi connectivity index (χ1n) is 8.82. The molecule has 1 aliphatic carbocycles. The van der Waals surface area contributed by atoms with Crippen molar-refractivity contribution in [3.05, 3.63) is 0 Å². The van der Waals surface area contributed by atoms with Crippen molar-refractivity contribution in [3.8, 4) is 0 Å². The second kappa shape index (κ2) is 10.4. The smallest absolute Gasteiger partial charge is 0.217 e. The first-order valence-corrected chi connectivity index (χ1v) is 8.82. The lowest BCUT2D eigenvalue weighted by molar-refractivity contribution is -0.119. The maximum absolute atomic E-state index is 11.1. The van der Waals surface area contributed by atoms with Gasteiger partial charge in [0.2, 0.25) is 5.91 Å². The van der Waals surface area contributed by atoms with Crippen LogP contribution in [0.4, 0.5) is 0 Å². The minimum absolute atomic E-state index is 0. The number of nitrogens with one attached hydrogen (secondary N) is 1. The molecule has 1 saturated heterocycles. The van der Waals surface area contributed by atoms with Gasteiger partial charge in [-0.2, -0.15) is 0 Å². The van der Waals surface area contributed by atoms with Crippen molar-refractivity contribution < 1.29 is 4.79 Å². The minimum Gasteiger partial charge on any atom is -0.370 e. The number of nitrogens with two attached hydrogens (primary N) is 1. The molecule has 0 aromatic rings. The van der Waals surface area contributed by atoms with Crippen LogP contribution in [0.15, 0.2) is 4.99 Å². The van der Waals surface area contributed by atoms with E-state index in [1.54, 1.807) is 0 Å². The minimum atomic E-state index is -0.189. The predicted molar refractivity (Wildman–Crippen MR) is 106 cm³/mol. The van der Waals surface area contributed by atoms with Crippen LogP contribution in [0.2, 0.25) is 0 Å². The van der Waals surface area contributed by atoms with Gasteiger partial charge in [0.15, 0.2) is 5.96 Å². The summed E-state index contributed by atoms with van der Waals surface area (Å²) < 4.78 is 0. The molecule has 5 nitrogen and oxygen atoms in total. The number of rotatable bonds is 4. The Balaban J connectivity index is 0.00000264. The van der Waals surface area contributed by atoms with Gasteiger partial charge in [-0.3, -0.25) is 9.79 Å². The summed E-state index contributed by atoms with van der Waals surface area (Å²) in [4.78, 5) is 17.9. The molecule has 2 fully saturated rings. The van der Waals surface area contributed by atoms with Crippen LogP contribution in [0.5, 0.6) is 0 Å². The van der Waals surface area contributed by atoms with E-state index >= 15 is 0 Å². The van der Waals surface area contributed by atoms with Gasteiger partial charge in [-0.15, -0.1) is 24.0 Å². The zero-order valence-corrected chi connectivity index (χ0v) is 16.9. The van der Waals surface area contributed by atoms with Crippen molar-refractivity contribution in [3.63, 3.8) is 0 Å². The summed E-state index contributed by atoms with van der Waals surface area (Å²) >= 11 is 0. The molecule has 1 saturated carbocycles. The summed E-state index contributed by atoms with van der Waals surface area (Å²) in [6.07, 6.45) is 8.07. The van der Waals surface area contributed by atoms with E-state index in [-0.39, 0.29) is 29.9 Å². The topological polar surface area (TPSA) is 70.7 Å². The Bertz CT molecular complexity index is 394. The third kappa shape index (κ3) is 6.85. The highest BCUT2D eigenvalue weighted by Gasteiger charge is 2.24. The maximum Gasteiger partial charge on any atom is 0.217 e. The van der Waals surface area contributed by atoms with E-state index in [4.69, 9.17) is 5.73 Å². The number of guanidine groups is 1. The number of carbonyl (C=O) groups excluding carboxylic acids is 1. The zero-order chi connectivity index (χ0) is 15.9. The molecule has 6 heteroatoms. The number of carbonyl (C=O) groups is 1. The summed E-state index contributed by atoms with van der Waals surface area (Å²) in [5.74, 6) is 2.85. The van der Waals surface area contributed by atoms with Crippen LogP contribution in [-0.2, 0) is 4.79 Å². The van der Waals surface area contributed by atoms with E-state index in [1.165, 1.54) is 25.7 Å². The number of aliphatic imine (C=N–C) groups is 1. The fourth-order valence-corrected chi connectivity index (χ4v) is 3.81. The fraction of sp³-hybridized carbons (Fsp3) is 0.882. The Morgan fingerprint density at radius 3 is 2.52 bits per heavy atom. The number of primary amides is 1. The third-order valence-corrected chi connectivity index (χ3v) is 5.20. The molecule has 134 valence electrons. The molecule has 1 aliphatic heterocycles. The van der Waals surface area contributed by atoms with E-state index < -0.39 is 0 Å². The van der Waals surface area contributed by atoms with Crippen molar-refractivity contribution in [1.29, 1.82) is 0 Å². The molecule has 0 radical (unpaired) electrons. The highest BCUT2D eigenvalue weighted by molar-refractivity contribution is 14.0. The summed E-state index contributed by atoms with van der Waals surface area (Å²) in [7, 11) is 1.85. The molecular formula is C17H33IN4O. The Morgan fingerprint density at radius 2 is 1.91 bits per heavy atom. The van der Waals surface area contributed by atoms with Crippen molar-refractivity contribution >= 4 is 35.8 Å². The second-order valence-electron chi connectivity index (χ2n) is 7.18. The van der Waals surface area contributed by atoms with Crippen LogP contribution in [0.3, 0.4) is 0 Å². The quantitative estimate of drug-likeness (QED) is 0.404. The van der Waals surface area contributed by atoms with Crippen LogP contribution >= 0.6 is 24.0 Å². The van der Waals surface area contributed by atoms with Crippen molar-refractivity contribution in [1.82, 2.24) is 10.2 Å². The van der Waals surface area contributed by atoms with Gasteiger partial charge in [-0.05, 0) is 43.4 Å². The van der Waals surface area contributed by atoms with Gasteiger partial charge in [-0.1, -0.05) is 19.8 Å². The SMILES string of the molecule is CN=C(NCC1CCC(C)CC1)N1CCCC(CC(N)=O)C1.I. The summed E-state index contributed by atoms with van der Waals surface area (Å²) in [5.41, 5.74) is 5.34. The van der Waals surface area contributed by atoms with Crippen LogP contribution in [0, 0.1) is 17.8 Å². The number of piperidine rings is 1. The van der Waals surface area contributed by atoms with Gasteiger partial charge < -0.3 is 16.0 Å². The molecule has 3 N–H and O–H groups in total. The summed E-state index contributed by atoms with van der Waals surface area (Å²) in [5, 5.41) is 3.56. The second-order valence-corrected chi connectivity index (χ2v) is 7.18. The van der Waals surface area contributed by atoms with Gasteiger partial charge in [0.25, 0.3) is 0 Å². The highest BCUT2D eigenvalue weighted by Crippen LogP contribution is 2.27. The van der Waals surface area contributed by atoms with Crippen LogP contribution in [0.25, 0.3) is 0 Å². The lowest BCUT2D eigenvalue weighted by atomic mass is 9.83. The number of hydrogen-bond acceptors (Lipinski definition) is 2. The number of amides is 1. The van der Waals surface area contributed by atoms with Crippen LogP contribution < -0.4 is 11.1 Å². The van der Waals surface area contributed by atoms with Gasteiger partial charge in [0.05, 0.1) is 0 Å². The third-order valence-electron chi connectivity index (χ3n) is 5.20. The molecule has 0 aromatic heterocycles. The number of nitrogens with zero attached hydrogens (tertiary/aromatic N) is 2. The summed E-state index contributed by atoms with van der Waals surface area (Å²) in [6.45, 7) is 5.30. The molecule has 0 spiro atoms. The van der Waals surface area contributed by atoms with Crippen molar-refractivity contribution in [2.24, 2.45) is 28.5 Å². The van der Waals surface area contributed by atoms with Gasteiger partial charge in [0.1, 0.15) is 0 Å². The lowest BCUT2D eigenvalue weighted by Gasteiger charge is -2.35. The van der Waals surface area contributed by atoms with Crippen LogP contribution in [0.1, 0.15) is 51.9 Å². The van der Waals surface area contributed by atoms with E-state index in [2.05, 4.69) is 22.1 Å². The fourth-order valence-electron chi connectivity index (χ4n) is 3.81. The first kappa shape index (κ1) is 20.5. The average Bonchev–Trinajstić information content (AvgIpc) is 2.49. The monoisotopic (exact) mass is 436 g/mol. The molecule has 2 aliphatic rings. The van der Waals surface area contributed by atoms with Crippen molar-refractivity contribution in [2.75, 3.05) is 26.7 Å². The van der Waals surface area contributed by atoms with Crippen LogP contribution in [-0.4, -0.2) is 43.4 Å². The number of hydrogen-bond donors (Lipinski definition) is 2. The molecule has 1 atom stereocenters.